The molecular formula is C16H26ClN3O4. The van der Waals surface area contributed by atoms with Gasteiger partial charge < -0.3 is 25.3 Å². The summed E-state index contributed by atoms with van der Waals surface area (Å²) in [6.07, 6.45) is 0.328. The molecule has 0 fully saturated rings. The predicted molar refractivity (Wildman–Crippen MR) is 94.1 cm³/mol. The number of ether oxygens (including phenoxy) is 3. The van der Waals surface area contributed by atoms with Gasteiger partial charge in [0.1, 0.15) is 0 Å². The molecule has 1 amide bonds. The molecule has 0 atom stereocenters. The molecule has 136 valence electrons. The Labute approximate surface area is 147 Å². The molecule has 0 spiro atoms. The Morgan fingerprint density at radius 1 is 0.958 bits per heavy atom. The Balaban J connectivity index is 1.94. The second-order valence-corrected chi connectivity index (χ2v) is 5.13. The Kier molecular flexibility index (Phi) is 12.1. The largest absolute Gasteiger partial charge is 0.378 e. The van der Waals surface area contributed by atoms with Crippen LogP contribution in [-0.2, 0) is 25.4 Å². The maximum absolute atomic E-state index is 11.8. The number of nitrogens with one attached hydrogen (secondary N) is 2. The SMILES string of the molecule is NCCOCCOCCOCCNC(=O)Cc1ccc(NCl)cc1. The molecule has 0 saturated heterocycles. The summed E-state index contributed by atoms with van der Waals surface area (Å²) in [6, 6.07) is 7.35. The fraction of sp³-hybridized carbons (Fsp3) is 0.562. The number of hydrogen-bond donors (Lipinski definition) is 3. The van der Waals surface area contributed by atoms with Crippen LogP contribution in [0.2, 0.25) is 0 Å². The molecule has 0 aromatic heterocycles. The molecule has 8 heteroatoms. The zero-order valence-corrected chi connectivity index (χ0v) is 14.5. The van der Waals surface area contributed by atoms with Crippen molar-refractivity contribution in [3.05, 3.63) is 29.8 Å². The zero-order chi connectivity index (χ0) is 17.5. The first-order chi connectivity index (χ1) is 11.8. The Morgan fingerprint density at radius 3 is 2.12 bits per heavy atom. The van der Waals surface area contributed by atoms with E-state index in [1.807, 2.05) is 24.3 Å². The highest BCUT2D eigenvalue weighted by molar-refractivity contribution is 6.23. The van der Waals surface area contributed by atoms with E-state index in [0.29, 0.717) is 59.2 Å². The summed E-state index contributed by atoms with van der Waals surface area (Å²) in [5.74, 6) is -0.0431. The third-order valence-electron chi connectivity index (χ3n) is 3.00. The van der Waals surface area contributed by atoms with Crippen LogP contribution < -0.4 is 15.9 Å². The molecule has 1 aromatic rings. The van der Waals surface area contributed by atoms with Gasteiger partial charge in [0.25, 0.3) is 0 Å². The van der Waals surface area contributed by atoms with Crippen molar-refractivity contribution in [3.63, 3.8) is 0 Å². The van der Waals surface area contributed by atoms with Crippen molar-refractivity contribution in [3.8, 4) is 0 Å². The van der Waals surface area contributed by atoms with E-state index in [1.165, 1.54) is 0 Å². The normalized spacial score (nSPS) is 10.6. The lowest BCUT2D eigenvalue weighted by Crippen LogP contribution is -2.29. The van der Waals surface area contributed by atoms with E-state index < -0.39 is 0 Å². The highest BCUT2D eigenvalue weighted by Gasteiger charge is 2.03. The van der Waals surface area contributed by atoms with Gasteiger partial charge in [0, 0.05) is 30.6 Å². The molecule has 0 saturated carbocycles. The molecule has 1 rings (SSSR count). The van der Waals surface area contributed by atoms with Crippen LogP contribution >= 0.6 is 11.8 Å². The monoisotopic (exact) mass is 359 g/mol. The van der Waals surface area contributed by atoms with Crippen molar-refractivity contribution < 1.29 is 19.0 Å². The van der Waals surface area contributed by atoms with Gasteiger partial charge in [-0.05, 0) is 17.7 Å². The molecule has 0 radical (unpaired) electrons. The van der Waals surface area contributed by atoms with Crippen molar-refractivity contribution >= 4 is 23.4 Å². The van der Waals surface area contributed by atoms with Crippen LogP contribution in [0.1, 0.15) is 5.56 Å². The van der Waals surface area contributed by atoms with Gasteiger partial charge in [-0.25, -0.2) is 0 Å². The third kappa shape index (κ3) is 10.4. The van der Waals surface area contributed by atoms with Crippen molar-refractivity contribution in [1.82, 2.24) is 5.32 Å². The molecule has 1 aromatic carbocycles. The highest BCUT2D eigenvalue weighted by Crippen LogP contribution is 2.10. The van der Waals surface area contributed by atoms with Crippen LogP contribution in [0.4, 0.5) is 5.69 Å². The molecule has 7 nitrogen and oxygen atoms in total. The number of carbonyl (C=O) groups excluding carboxylic acids is 1. The van der Waals surface area contributed by atoms with Crippen molar-refractivity contribution in [2.75, 3.05) is 57.6 Å². The number of hydrogen-bond acceptors (Lipinski definition) is 6. The second-order valence-electron chi connectivity index (χ2n) is 4.94. The average molecular weight is 360 g/mol. The van der Waals surface area contributed by atoms with Crippen LogP contribution in [0.25, 0.3) is 0 Å². The molecule has 0 heterocycles. The number of nitrogens with two attached hydrogens (primary N) is 1. The lowest BCUT2D eigenvalue weighted by Gasteiger charge is -2.08. The first kappa shape index (κ1) is 20.7. The first-order valence-electron chi connectivity index (χ1n) is 7.92. The van der Waals surface area contributed by atoms with Gasteiger partial charge in [0.15, 0.2) is 0 Å². The zero-order valence-electron chi connectivity index (χ0n) is 13.8. The first-order valence-corrected chi connectivity index (χ1v) is 8.29. The van der Waals surface area contributed by atoms with E-state index in [4.69, 9.17) is 31.7 Å². The van der Waals surface area contributed by atoms with Crippen LogP contribution in [0, 0.1) is 0 Å². The van der Waals surface area contributed by atoms with E-state index in [1.54, 1.807) is 0 Å². The maximum Gasteiger partial charge on any atom is 0.224 e. The number of anilines is 1. The summed E-state index contributed by atoms with van der Waals surface area (Å²) >= 11 is 5.48. The Bertz CT molecular complexity index is 445. The minimum atomic E-state index is -0.0431. The van der Waals surface area contributed by atoms with Crippen LogP contribution in [0.15, 0.2) is 24.3 Å². The smallest absolute Gasteiger partial charge is 0.224 e. The van der Waals surface area contributed by atoms with Crippen LogP contribution in [0.5, 0.6) is 0 Å². The molecular weight excluding hydrogens is 334 g/mol. The summed E-state index contributed by atoms with van der Waals surface area (Å²) in [5, 5.41) is 2.81. The lowest BCUT2D eigenvalue weighted by atomic mass is 10.1. The van der Waals surface area contributed by atoms with E-state index in [9.17, 15) is 4.79 Å². The van der Waals surface area contributed by atoms with E-state index in [2.05, 4.69) is 10.2 Å². The molecule has 0 aliphatic carbocycles. The molecule has 0 aliphatic heterocycles. The maximum atomic E-state index is 11.8. The Hall–Kier alpha value is -1.38. The van der Waals surface area contributed by atoms with Gasteiger partial charge in [0.05, 0.1) is 46.1 Å². The van der Waals surface area contributed by atoms with Gasteiger partial charge in [-0.3, -0.25) is 9.63 Å². The van der Waals surface area contributed by atoms with Gasteiger partial charge in [-0.15, -0.1) is 0 Å². The minimum absolute atomic E-state index is 0.0431. The summed E-state index contributed by atoms with van der Waals surface area (Å²) in [7, 11) is 0. The third-order valence-corrected chi connectivity index (χ3v) is 3.22. The number of halogens is 1. The predicted octanol–water partition coefficient (Wildman–Crippen LogP) is 0.920. The number of rotatable bonds is 14. The summed E-state index contributed by atoms with van der Waals surface area (Å²) in [5.41, 5.74) is 7.01. The van der Waals surface area contributed by atoms with Gasteiger partial charge in [-0.2, -0.15) is 0 Å². The van der Waals surface area contributed by atoms with Crippen molar-refractivity contribution in [2.24, 2.45) is 5.73 Å². The van der Waals surface area contributed by atoms with E-state index >= 15 is 0 Å². The van der Waals surface area contributed by atoms with Crippen molar-refractivity contribution in [1.29, 1.82) is 0 Å². The Morgan fingerprint density at radius 2 is 1.54 bits per heavy atom. The topological polar surface area (TPSA) is 94.8 Å². The number of amides is 1. The summed E-state index contributed by atoms with van der Waals surface area (Å²) in [6.45, 7) is 4.04. The van der Waals surface area contributed by atoms with E-state index in [-0.39, 0.29) is 5.91 Å². The van der Waals surface area contributed by atoms with Gasteiger partial charge in [-0.1, -0.05) is 12.1 Å². The van der Waals surface area contributed by atoms with Crippen LogP contribution in [-0.4, -0.2) is 58.6 Å². The van der Waals surface area contributed by atoms with Crippen molar-refractivity contribution in [2.45, 2.75) is 6.42 Å². The summed E-state index contributed by atoms with van der Waals surface area (Å²) in [4.78, 5) is 14.3. The number of carbonyl (C=O) groups is 1. The fourth-order valence-corrected chi connectivity index (χ4v) is 1.95. The van der Waals surface area contributed by atoms with E-state index in [0.717, 1.165) is 11.3 Å². The second kappa shape index (κ2) is 14.0. The molecule has 0 aliphatic rings. The lowest BCUT2D eigenvalue weighted by molar-refractivity contribution is -0.120. The quantitative estimate of drug-likeness (QED) is 0.338. The molecule has 0 unspecified atom stereocenters. The fourth-order valence-electron chi connectivity index (χ4n) is 1.82. The van der Waals surface area contributed by atoms with Gasteiger partial charge >= 0.3 is 0 Å². The molecule has 24 heavy (non-hydrogen) atoms. The van der Waals surface area contributed by atoms with Crippen LogP contribution in [0.3, 0.4) is 0 Å². The van der Waals surface area contributed by atoms with Gasteiger partial charge in [0.2, 0.25) is 5.91 Å². The molecule has 4 N–H and O–H groups in total. The summed E-state index contributed by atoms with van der Waals surface area (Å²) < 4.78 is 15.8. The minimum Gasteiger partial charge on any atom is -0.378 e. The standard InChI is InChI=1S/C16H26ClN3O4/c17-20-15-3-1-14(2-4-15)13-16(21)19-6-8-23-10-12-24-11-9-22-7-5-18/h1-4,20H,5-13,18H2,(H,19,21). The average Bonchev–Trinajstić information content (AvgIpc) is 2.60. The highest BCUT2D eigenvalue weighted by atomic mass is 35.5. The molecule has 0 bridgehead atoms. The number of benzene rings is 1.